The second kappa shape index (κ2) is 11.5. The Hall–Kier alpha value is -2.30. The highest BCUT2D eigenvalue weighted by molar-refractivity contribution is 14.0. The number of para-hydroxylation sites is 1. The van der Waals surface area contributed by atoms with E-state index in [0.29, 0.717) is 12.5 Å². The molecule has 0 aliphatic carbocycles. The Labute approximate surface area is 207 Å². The fourth-order valence-electron chi connectivity index (χ4n) is 4.47. The van der Waals surface area contributed by atoms with Gasteiger partial charge in [0.15, 0.2) is 5.96 Å². The van der Waals surface area contributed by atoms with Gasteiger partial charge in [-0.1, -0.05) is 18.2 Å². The van der Waals surface area contributed by atoms with Crippen LogP contribution in [-0.2, 0) is 18.3 Å². The van der Waals surface area contributed by atoms with Crippen LogP contribution in [0.1, 0.15) is 31.2 Å². The first-order valence-electron chi connectivity index (χ1n) is 11.2. The van der Waals surface area contributed by atoms with Gasteiger partial charge in [-0.2, -0.15) is 5.10 Å². The van der Waals surface area contributed by atoms with Crippen molar-refractivity contribution in [2.75, 3.05) is 43.0 Å². The van der Waals surface area contributed by atoms with Gasteiger partial charge in [-0.05, 0) is 37.3 Å². The molecule has 2 N–H and O–H groups in total. The van der Waals surface area contributed by atoms with Crippen molar-refractivity contribution < 1.29 is 4.79 Å². The van der Waals surface area contributed by atoms with Crippen LogP contribution in [0.25, 0.3) is 0 Å². The number of guanidine groups is 1. The molecule has 1 saturated heterocycles. The number of benzene rings is 1. The van der Waals surface area contributed by atoms with Gasteiger partial charge in [0, 0.05) is 64.6 Å². The largest absolute Gasteiger partial charge is 0.367 e. The summed E-state index contributed by atoms with van der Waals surface area (Å²) >= 11 is 0. The lowest BCUT2D eigenvalue weighted by Crippen LogP contribution is -2.51. The molecular formula is C23H34IN7O. The molecule has 4 rings (SSSR count). The molecule has 1 aromatic heterocycles. The first-order chi connectivity index (χ1) is 15.1. The Morgan fingerprint density at radius 1 is 1.28 bits per heavy atom. The smallest absolute Gasteiger partial charge is 0.227 e. The number of anilines is 2. The maximum absolute atomic E-state index is 12.7. The van der Waals surface area contributed by atoms with Gasteiger partial charge >= 0.3 is 0 Å². The zero-order valence-electron chi connectivity index (χ0n) is 19.0. The van der Waals surface area contributed by atoms with Crippen molar-refractivity contribution in [2.45, 2.75) is 38.1 Å². The monoisotopic (exact) mass is 551 g/mol. The predicted molar refractivity (Wildman–Crippen MR) is 140 cm³/mol. The highest BCUT2D eigenvalue weighted by Crippen LogP contribution is 2.28. The van der Waals surface area contributed by atoms with Gasteiger partial charge < -0.3 is 20.4 Å². The number of hydrogen-bond donors (Lipinski definition) is 2. The Kier molecular flexibility index (Phi) is 8.77. The minimum absolute atomic E-state index is 0. The number of rotatable bonds is 6. The molecule has 0 spiro atoms. The van der Waals surface area contributed by atoms with Gasteiger partial charge in [0.2, 0.25) is 5.91 Å². The van der Waals surface area contributed by atoms with Gasteiger partial charge in [0.1, 0.15) is 0 Å². The van der Waals surface area contributed by atoms with Crippen LogP contribution in [0.4, 0.5) is 11.4 Å². The minimum atomic E-state index is 0. The fraction of sp³-hybridized carbons (Fsp3) is 0.522. The van der Waals surface area contributed by atoms with Crippen LogP contribution in [0, 0.1) is 0 Å². The van der Waals surface area contributed by atoms with Crippen molar-refractivity contribution in [1.82, 2.24) is 20.4 Å². The quantitative estimate of drug-likeness (QED) is 0.250. The third-order valence-electron chi connectivity index (χ3n) is 6.09. The van der Waals surface area contributed by atoms with Crippen LogP contribution < -0.4 is 20.4 Å². The second-order valence-electron chi connectivity index (χ2n) is 8.33. The number of carbonyl (C=O) groups is 1. The number of aliphatic imine (C=N–C) groups is 1. The number of amides is 1. The van der Waals surface area contributed by atoms with Crippen LogP contribution in [0.5, 0.6) is 0 Å². The maximum atomic E-state index is 12.7. The van der Waals surface area contributed by atoms with E-state index in [-0.39, 0.29) is 29.9 Å². The average molecular weight is 551 g/mol. The van der Waals surface area contributed by atoms with Crippen molar-refractivity contribution in [3.63, 3.8) is 0 Å². The molecular weight excluding hydrogens is 517 g/mol. The van der Waals surface area contributed by atoms with Crippen LogP contribution in [0.3, 0.4) is 0 Å². The van der Waals surface area contributed by atoms with E-state index < -0.39 is 0 Å². The fourth-order valence-corrected chi connectivity index (χ4v) is 4.47. The summed E-state index contributed by atoms with van der Waals surface area (Å²) in [6.07, 6.45) is 8.51. The van der Waals surface area contributed by atoms with E-state index >= 15 is 0 Å². The number of halogens is 1. The molecule has 9 heteroatoms. The predicted octanol–water partition coefficient (Wildman–Crippen LogP) is 2.54. The Morgan fingerprint density at radius 3 is 2.91 bits per heavy atom. The van der Waals surface area contributed by atoms with E-state index in [1.54, 1.807) is 7.05 Å². The molecule has 2 aromatic rings. The van der Waals surface area contributed by atoms with E-state index in [9.17, 15) is 4.79 Å². The standard InChI is InChI=1S/C23H33N7O.HI/c1-24-23(27-19-8-6-13-29(16-19)20-15-26-28(2)17-20)25-12-5-10-22(31)30-14-11-18-7-3-4-9-21(18)30;/h3-4,7,9,15,17,19H,5-6,8,10-14,16H2,1-2H3,(H2,24,25,27);1H. The van der Waals surface area contributed by atoms with Crippen molar-refractivity contribution in [2.24, 2.45) is 12.0 Å². The topological polar surface area (TPSA) is 77.8 Å². The summed E-state index contributed by atoms with van der Waals surface area (Å²) in [6.45, 7) is 3.50. The highest BCUT2D eigenvalue weighted by atomic mass is 127. The Morgan fingerprint density at radius 2 is 2.12 bits per heavy atom. The van der Waals surface area contributed by atoms with Crippen molar-refractivity contribution in [1.29, 1.82) is 0 Å². The summed E-state index contributed by atoms with van der Waals surface area (Å²) in [5.41, 5.74) is 3.51. The van der Waals surface area contributed by atoms with E-state index in [0.717, 1.165) is 63.5 Å². The molecule has 0 saturated carbocycles. The lowest BCUT2D eigenvalue weighted by Gasteiger charge is -2.34. The zero-order chi connectivity index (χ0) is 21.6. The second-order valence-corrected chi connectivity index (χ2v) is 8.33. The molecule has 1 fully saturated rings. The molecule has 2 aliphatic heterocycles. The van der Waals surface area contributed by atoms with Crippen molar-refractivity contribution >= 4 is 47.2 Å². The molecule has 1 aromatic carbocycles. The molecule has 1 unspecified atom stereocenters. The molecule has 0 bridgehead atoms. The van der Waals surface area contributed by atoms with E-state index in [2.05, 4.69) is 37.9 Å². The lowest BCUT2D eigenvalue weighted by atomic mass is 10.1. The maximum Gasteiger partial charge on any atom is 0.227 e. The molecule has 174 valence electrons. The third-order valence-corrected chi connectivity index (χ3v) is 6.09. The zero-order valence-corrected chi connectivity index (χ0v) is 21.3. The Bertz CT molecular complexity index is 929. The van der Waals surface area contributed by atoms with Gasteiger partial charge in [0.25, 0.3) is 0 Å². The molecule has 1 amide bonds. The van der Waals surface area contributed by atoms with E-state index in [1.165, 1.54) is 11.3 Å². The highest BCUT2D eigenvalue weighted by Gasteiger charge is 2.24. The molecule has 8 nitrogen and oxygen atoms in total. The number of aromatic nitrogens is 2. The summed E-state index contributed by atoms with van der Waals surface area (Å²) in [5.74, 6) is 1.01. The molecule has 32 heavy (non-hydrogen) atoms. The van der Waals surface area contributed by atoms with E-state index in [4.69, 9.17) is 0 Å². The first kappa shape index (κ1) is 24.3. The number of hydrogen-bond acceptors (Lipinski definition) is 4. The Balaban J connectivity index is 0.00000289. The average Bonchev–Trinajstić information content (AvgIpc) is 3.42. The first-order valence-corrected chi connectivity index (χ1v) is 11.2. The van der Waals surface area contributed by atoms with Crippen LogP contribution in [-0.4, -0.2) is 60.9 Å². The number of nitrogens with one attached hydrogen (secondary N) is 2. The molecule has 0 radical (unpaired) electrons. The minimum Gasteiger partial charge on any atom is -0.367 e. The van der Waals surface area contributed by atoms with E-state index in [1.807, 2.05) is 41.0 Å². The van der Waals surface area contributed by atoms with Crippen LogP contribution >= 0.6 is 24.0 Å². The summed E-state index contributed by atoms with van der Waals surface area (Å²) in [5, 5.41) is 11.2. The summed E-state index contributed by atoms with van der Waals surface area (Å²) in [4.78, 5) is 21.3. The SMILES string of the molecule is CN=C(NCCCC(=O)N1CCc2ccccc21)NC1CCCN(c2cnn(C)c2)C1.I. The summed E-state index contributed by atoms with van der Waals surface area (Å²) in [6, 6.07) is 8.53. The van der Waals surface area contributed by atoms with Crippen molar-refractivity contribution in [3.05, 3.63) is 42.2 Å². The summed E-state index contributed by atoms with van der Waals surface area (Å²) < 4.78 is 1.84. The van der Waals surface area contributed by atoms with Gasteiger partial charge in [0.05, 0.1) is 11.9 Å². The van der Waals surface area contributed by atoms with Gasteiger partial charge in [-0.3, -0.25) is 14.5 Å². The number of fused-ring (bicyclic) bond motifs is 1. The number of piperidine rings is 1. The summed E-state index contributed by atoms with van der Waals surface area (Å²) in [7, 11) is 3.74. The van der Waals surface area contributed by atoms with Crippen LogP contribution in [0.2, 0.25) is 0 Å². The lowest BCUT2D eigenvalue weighted by molar-refractivity contribution is -0.118. The van der Waals surface area contributed by atoms with Gasteiger partial charge in [-0.15, -0.1) is 24.0 Å². The number of aryl methyl sites for hydroxylation is 1. The molecule has 1 atom stereocenters. The number of carbonyl (C=O) groups excluding carboxylic acids is 1. The molecule has 3 heterocycles. The van der Waals surface area contributed by atoms with Gasteiger partial charge in [-0.25, -0.2) is 0 Å². The number of nitrogens with zero attached hydrogens (tertiary/aromatic N) is 5. The van der Waals surface area contributed by atoms with Crippen molar-refractivity contribution in [3.8, 4) is 0 Å². The molecule has 2 aliphatic rings. The third kappa shape index (κ3) is 5.93. The normalized spacial score (nSPS) is 18.2. The van der Waals surface area contributed by atoms with Crippen LogP contribution in [0.15, 0.2) is 41.7 Å².